The Labute approximate surface area is 108 Å². The molecule has 1 aromatic heterocycles. The third-order valence-corrected chi connectivity index (χ3v) is 4.12. The number of aromatic amines is 1. The molecule has 3 unspecified atom stereocenters. The first-order valence-corrected chi connectivity index (χ1v) is 6.76. The minimum absolute atomic E-state index is 0.203. The number of nitrogens with one attached hydrogen (secondary N) is 1. The lowest BCUT2D eigenvalue weighted by atomic mass is 9.69. The van der Waals surface area contributed by atoms with E-state index in [4.69, 9.17) is 5.73 Å². The number of H-pyrrole nitrogens is 1. The van der Waals surface area contributed by atoms with Gasteiger partial charge >= 0.3 is 5.69 Å². The summed E-state index contributed by atoms with van der Waals surface area (Å²) < 4.78 is 0. The van der Waals surface area contributed by atoms with Crippen LogP contribution in [0.5, 0.6) is 0 Å². The monoisotopic (exact) mass is 248 g/mol. The van der Waals surface area contributed by atoms with Crippen molar-refractivity contribution < 1.29 is 0 Å². The molecule has 0 aromatic carbocycles. The SMILES string of the molecule is CC1CCC(C(C)C)C(c2[c]c(N)nc(=O)[nH]2)C1. The lowest BCUT2D eigenvalue weighted by Gasteiger charge is -2.37. The topological polar surface area (TPSA) is 71.8 Å². The van der Waals surface area contributed by atoms with Crippen LogP contribution in [0.4, 0.5) is 5.82 Å². The number of hydrogen-bond donors (Lipinski definition) is 2. The summed E-state index contributed by atoms with van der Waals surface area (Å²) in [5.41, 5.74) is 6.12. The summed E-state index contributed by atoms with van der Waals surface area (Å²) in [5, 5.41) is 0. The molecule has 3 N–H and O–H groups in total. The number of hydrogen-bond acceptors (Lipinski definition) is 3. The summed E-state index contributed by atoms with van der Waals surface area (Å²) in [5.74, 6) is 2.45. The van der Waals surface area contributed by atoms with Gasteiger partial charge in [0.1, 0.15) is 5.82 Å². The summed E-state index contributed by atoms with van der Waals surface area (Å²) in [4.78, 5) is 17.9. The van der Waals surface area contributed by atoms with Gasteiger partial charge in [0.05, 0.1) is 0 Å². The molecule has 4 heteroatoms. The summed E-state index contributed by atoms with van der Waals surface area (Å²) >= 11 is 0. The summed E-state index contributed by atoms with van der Waals surface area (Å²) in [6, 6.07) is 3.03. The van der Waals surface area contributed by atoms with Crippen LogP contribution in [0.2, 0.25) is 0 Å². The van der Waals surface area contributed by atoms with Crippen molar-refractivity contribution in [3.8, 4) is 0 Å². The van der Waals surface area contributed by atoms with Crippen molar-refractivity contribution in [1.29, 1.82) is 0 Å². The van der Waals surface area contributed by atoms with E-state index in [1.165, 1.54) is 12.8 Å². The van der Waals surface area contributed by atoms with E-state index in [-0.39, 0.29) is 11.5 Å². The van der Waals surface area contributed by atoms with Gasteiger partial charge in [-0.1, -0.05) is 27.2 Å². The average molecular weight is 248 g/mol. The minimum atomic E-state index is -0.359. The minimum Gasteiger partial charge on any atom is -0.383 e. The standard InChI is InChI=1S/C14H22N3O/c1-8(2)10-5-4-9(3)6-11(10)12-7-13(15)17-14(18)16-12/h8-11H,4-6H2,1-3H3,(H3,15,16,17,18). The molecule has 0 amide bonds. The second-order valence-corrected chi connectivity index (χ2v) is 5.90. The van der Waals surface area contributed by atoms with Crippen LogP contribution in [-0.2, 0) is 0 Å². The van der Waals surface area contributed by atoms with Crippen LogP contribution >= 0.6 is 0 Å². The van der Waals surface area contributed by atoms with E-state index in [0.29, 0.717) is 23.7 Å². The van der Waals surface area contributed by atoms with Crippen molar-refractivity contribution in [2.45, 2.75) is 46.0 Å². The average Bonchev–Trinajstić information content (AvgIpc) is 2.27. The lowest BCUT2D eigenvalue weighted by Crippen LogP contribution is -2.29. The third kappa shape index (κ3) is 2.74. The fraction of sp³-hybridized carbons (Fsp3) is 0.714. The van der Waals surface area contributed by atoms with Gasteiger partial charge < -0.3 is 10.7 Å². The summed E-state index contributed by atoms with van der Waals surface area (Å²) in [6.07, 6.45) is 3.57. The number of anilines is 1. The quantitative estimate of drug-likeness (QED) is 0.843. The smallest absolute Gasteiger partial charge is 0.347 e. The molecule has 0 spiro atoms. The maximum absolute atomic E-state index is 11.4. The molecule has 1 aliphatic rings. The van der Waals surface area contributed by atoms with Gasteiger partial charge in [-0.05, 0) is 30.6 Å². The molecule has 0 aliphatic heterocycles. The zero-order chi connectivity index (χ0) is 13.3. The first kappa shape index (κ1) is 13.1. The van der Waals surface area contributed by atoms with Gasteiger partial charge in [0.2, 0.25) is 0 Å². The van der Waals surface area contributed by atoms with Crippen LogP contribution in [0.3, 0.4) is 0 Å². The van der Waals surface area contributed by atoms with Crippen LogP contribution in [0.15, 0.2) is 4.79 Å². The molecule has 1 radical (unpaired) electrons. The van der Waals surface area contributed by atoms with E-state index in [0.717, 1.165) is 12.1 Å². The van der Waals surface area contributed by atoms with Crippen molar-refractivity contribution in [3.05, 3.63) is 22.2 Å². The van der Waals surface area contributed by atoms with Gasteiger partial charge in [-0.3, -0.25) is 0 Å². The Morgan fingerprint density at radius 3 is 2.78 bits per heavy atom. The number of nitrogen functional groups attached to an aromatic ring is 1. The van der Waals surface area contributed by atoms with Gasteiger partial charge in [-0.25, -0.2) is 4.79 Å². The summed E-state index contributed by atoms with van der Waals surface area (Å²) in [7, 11) is 0. The highest BCUT2D eigenvalue weighted by atomic mass is 16.1. The van der Waals surface area contributed by atoms with Crippen LogP contribution in [-0.4, -0.2) is 9.97 Å². The van der Waals surface area contributed by atoms with Crippen molar-refractivity contribution in [3.63, 3.8) is 0 Å². The Morgan fingerprint density at radius 1 is 1.44 bits per heavy atom. The van der Waals surface area contributed by atoms with Crippen LogP contribution in [0.25, 0.3) is 0 Å². The molecule has 99 valence electrons. The normalized spacial score (nSPS) is 28.6. The lowest BCUT2D eigenvalue weighted by molar-refractivity contribution is 0.194. The zero-order valence-corrected chi connectivity index (χ0v) is 11.4. The first-order chi connectivity index (χ1) is 8.47. The Kier molecular flexibility index (Phi) is 3.73. The van der Waals surface area contributed by atoms with Crippen LogP contribution in [0, 0.1) is 23.8 Å². The Hall–Kier alpha value is -1.32. The number of nitrogens with two attached hydrogens (primary N) is 1. The molecule has 18 heavy (non-hydrogen) atoms. The van der Waals surface area contributed by atoms with Crippen molar-refractivity contribution in [2.75, 3.05) is 5.73 Å². The molecule has 1 saturated carbocycles. The van der Waals surface area contributed by atoms with Gasteiger partial charge in [0.25, 0.3) is 0 Å². The first-order valence-electron chi connectivity index (χ1n) is 6.76. The molecule has 1 aromatic rings. The second kappa shape index (κ2) is 5.12. The van der Waals surface area contributed by atoms with Crippen molar-refractivity contribution in [2.24, 2.45) is 17.8 Å². The maximum Gasteiger partial charge on any atom is 0.347 e. The zero-order valence-electron chi connectivity index (χ0n) is 11.4. The van der Waals surface area contributed by atoms with Crippen molar-refractivity contribution in [1.82, 2.24) is 9.97 Å². The highest BCUT2D eigenvalue weighted by molar-refractivity contribution is 5.28. The molecule has 2 rings (SSSR count). The van der Waals surface area contributed by atoms with E-state index in [1.54, 1.807) is 0 Å². The van der Waals surface area contributed by atoms with E-state index < -0.39 is 0 Å². The molecule has 1 heterocycles. The Morgan fingerprint density at radius 2 is 2.17 bits per heavy atom. The van der Waals surface area contributed by atoms with Crippen molar-refractivity contribution >= 4 is 5.82 Å². The molecule has 1 fully saturated rings. The van der Waals surface area contributed by atoms with Crippen LogP contribution < -0.4 is 11.4 Å². The predicted octanol–water partition coefficient (Wildman–Crippen LogP) is 2.33. The largest absolute Gasteiger partial charge is 0.383 e. The Bertz CT molecular complexity index is 466. The van der Waals surface area contributed by atoms with E-state index in [2.05, 4.69) is 36.8 Å². The second-order valence-electron chi connectivity index (χ2n) is 5.90. The summed E-state index contributed by atoms with van der Waals surface area (Å²) in [6.45, 7) is 6.76. The van der Waals surface area contributed by atoms with Gasteiger partial charge in [0, 0.05) is 17.7 Å². The maximum atomic E-state index is 11.4. The molecular formula is C14H22N3O. The number of aromatic nitrogens is 2. The van der Waals surface area contributed by atoms with Crippen LogP contribution in [0.1, 0.15) is 51.6 Å². The fourth-order valence-electron chi connectivity index (χ4n) is 3.17. The molecular weight excluding hydrogens is 226 g/mol. The fourth-order valence-corrected chi connectivity index (χ4v) is 3.17. The molecule has 0 bridgehead atoms. The number of rotatable bonds is 2. The highest BCUT2D eigenvalue weighted by Gasteiger charge is 2.32. The third-order valence-electron chi connectivity index (χ3n) is 4.12. The van der Waals surface area contributed by atoms with E-state index in [1.807, 2.05) is 0 Å². The highest BCUT2D eigenvalue weighted by Crippen LogP contribution is 2.43. The molecule has 3 atom stereocenters. The number of nitrogens with zero attached hydrogens (tertiary/aromatic N) is 1. The van der Waals surface area contributed by atoms with Gasteiger partial charge in [0.15, 0.2) is 0 Å². The Balaban J connectivity index is 2.34. The van der Waals surface area contributed by atoms with E-state index in [9.17, 15) is 4.79 Å². The molecule has 4 nitrogen and oxygen atoms in total. The molecule has 0 saturated heterocycles. The predicted molar refractivity (Wildman–Crippen MR) is 72.2 cm³/mol. The van der Waals surface area contributed by atoms with Gasteiger partial charge in [-0.2, -0.15) is 4.98 Å². The molecule has 1 aliphatic carbocycles. The van der Waals surface area contributed by atoms with Gasteiger partial charge in [-0.15, -0.1) is 0 Å². The van der Waals surface area contributed by atoms with E-state index >= 15 is 0 Å².